The topological polar surface area (TPSA) is 230 Å². The molecule has 3 fully saturated rings. The number of epoxide rings is 1. The van der Waals surface area contributed by atoms with Crippen LogP contribution >= 0.6 is 7.82 Å². The summed E-state index contributed by atoms with van der Waals surface area (Å²) in [5, 5.41) is 27.7. The molecule has 17 heteroatoms. The van der Waals surface area contributed by atoms with Gasteiger partial charge in [0.1, 0.15) is 18.3 Å². The molecule has 3 aliphatic heterocycles. The monoisotopic (exact) mass is 490 g/mol. The Morgan fingerprint density at radius 1 is 1.30 bits per heavy atom. The van der Waals surface area contributed by atoms with Crippen LogP contribution in [0.5, 0.6) is 0 Å². The van der Waals surface area contributed by atoms with Crippen LogP contribution in [0.2, 0.25) is 0 Å². The number of phosphoric ester groups is 1. The van der Waals surface area contributed by atoms with Crippen molar-refractivity contribution in [2.24, 2.45) is 5.92 Å². The van der Waals surface area contributed by atoms with Crippen molar-refractivity contribution in [1.82, 2.24) is 25.0 Å². The quantitative estimate of drug-likeness (QED) is 0.206. The zero-order valence-corrected chi connectivity index (χ0v) is 18.1. The lowest BCUT2D eigenvalue weighted by Crippen LogP contribution is -2.34. The number of fused-ring (bicyclic) bond motifs is 2. The number of rotatable bonds is 8. The van der Waals surface area contributed by atoms with Crippen LogP contribution in [-0.2, 0) is 27.8 Å². The molecular weight excluding hydrogens is 467 g/mol. The van der Waals surface area contributed by atoms with Gasteiger partial charge >= 0.3 is 7.82 Å². The molecule has 0 bridgehead atoms. The maximum atomic E-state index is 12.7. The summed E-state index contributed by atoms with van der Waals surface area (Å²) in [7, 11) is -4.77. The Morgan fingerprint density at radius 2 is 2.09 bits per heavy atom. The lowest BCUT2D eigenvalue weighted by Gasteiger charge is -2.25. The molecule has 5 heterocycles. The molecule has 0 saturated carbocycles. The molecular formula is C16H23N6O10P. The van der Waals surface area contributed by atoms with Crippen LogP contribution in [0.1, 0.15) is 26.0 Å². The SMILES string of the molecule is CCCC1C(COP(=O)(O)OC2C(O)C(O)OC2n2nnc3c(=O)[nH]c(N)nc32)OC2OC21. The molecule has 0 amide bonds. The Labute approximate surface area is 185 Å². The zero-order chi connectivity index (χ0) is 23.5. The van der Waals surface area contributed by atoms with E-state index in [-0.39, 0.29) is 42.0 Å². The van der Waals surface area contributed by atoms with E-state index in [2.05, 4.69) is 20.3 Å². The lowest BCUT2D eigenvalue weighted by molar-refractivity contribution is -0.143. The Balaban J connectivity index is 1.33. The van der Waals surface area contributed by atoms with Crippen LogP contribution in [0.25, 0.3) is 11.2 Å². The van der Waals surface area contributed by atoms with E-state index in [1.165, 1.54) is 0 Å². The minimum Gasteiger partial charge on any atom is -0.385 e. The summed E-state index contributed by atoms with van der Waals surface area (Å²) in [5.41, 5.74) is 4.52. The minimum absolute atomic E-state index is 0.0195. The van der Waals surface area contributed by atoms with Crippen molar-refractivity contribution >= 4 is 24.9 Å². The molecule has 2 aromatic rings. The zero-order valence-electron chi connectivity index (χ0n) is 17.3. The van der Waals surface area contributed by atoms with Crippen molar-refractivity contribution < 1.29 is 42.9 Å². The number of ether oxygens (including phenoxy) is 3. The highest BCUT2D eigenvalue weighted by Gasteiger charge is 2.57. The number of hydrogen-bond acceptors (Lipinski definition) is 13. The molecule has 3 saturated heterocycles. The Kier molecular flexibility index (Phi) is 5.75. The second kappa shape index (κ2) is 8.33. The smallest absolute Gasteiger partial charge is 0.385 e. The van der Waals surface area contributed by atoms with Crippen LogP contribution in [0.4, 0.5) is 5.95 Å². The van der Waals surface area contributed by atoms with Crippen molar-refractivity contribution in [2.45, 2.75) is 63.0 Å². The summed E-state index contributed by atoms with van der Waals surface area (Å²) in [6.07, 6.45) is -5.82. The van der Waals surface area contributed by atoms with Gasteiger partial charge in [0.15, 0.2) is 30.0 Å². The summed E-state index contributed by atoms with van der Waals surface area (Å²) >= 11 is 0. The second-order valence-corrected chi connectivity index (χ2v) is 9.40. The van der Waals surface area contributed by atoms with Gasteiger partial charge in [0.2, 0.25) is 5.95 Å². The predicted molar refractivity (Wildman–Crippen MR) is 105 cm³/mol. The van der Waals surface area contributed by atoms with E-state index in [4.69, 9.17) is 29.0 Å². The first kappa shape index (κ1) is 22.8. The van der Waals surface area contributed by atoms with E-state index >= 15 is 0 Å². The molecule has 16 nitrogen and oxygen atoms in total. The molecule has 33 heavy (non-hydrogen) atoms. The first-order valence-electron chi connectivity index (χ1n) is 10.3. The van der Waals surface area contributed by atoms with Gasteiger partial charge in [-0.2, -0.15) is 9.67 Å². The van der Waals surface area contributed by atoms with Crippen molar-refractivity contribution in [3.8, 4) is 0 Å². The van der Waals surface area contributed by atoms with Crippen molar-refractivity contribution in [1.29, 1.82) is 0 Å². The molecule has 3 aliphatic rings. The van der Waals surface area contributed by atoms with E-state index in [1.54, 1.807) is 0 Å². The lowest BCUT2D eigenvalue weighted by atomic mass is 9.96. The summed E-state index contributed by atoms with van der Waals surface area (Å²) in [5.74, 6) is -0.227. The van der Waals surface area contributed by atoms with Gasteiger partial charge in [0.05, 0.1) is 12.7 Å². The number of nitrogen functional groups attached to an aromatic ring is 1. The number of nitrogens with two attached hydrogens (primary N) is 1. The highest BCUT2D eigenvalue weighted by Crippen LogP contribution is 2.51. The normalized spacial score (nSPS) is 37.3. The summed E-state index contributed by atoms with van der Waals surface area (Å²) in [6.45, 7) is 1.76. The van der Waals surface area contributed by atoms with Crippen molar-refractivity contribution in [3.63, 3.8) is 0 Å². The third-order valence-corrected chi connectivity index (χ3v) is 6.74. The number of anilines is 1. The van der Waals surface area contributed by atoms with E-state index in [0.29, 0.717) is 0 Å². The first-order chi connectivity index (χ1) is 15.7. The number of hydrogen-bond donors (Lipinski definition) is 5. The summed E-state index contributed by atoms with van der Waals surface area (Å²) in [6, 6.07) is 0. The van der Waals surface area contributed by atoms with Crippen LogP contribution in [0.3, 0.4) is 0 Å². The van der Waals surface area contributed by atoms with Gasteiger partial charge in [0.25, 0.3) is 5.56 Å². The molecule has 0 radical (unpaired) electrons. The number of aromatic nitrogens is 5. The molecule has 0 aromatic carbocycles. The average Bonchev–Trinajstić information content (AvgIpc) is 3.12. The number of aliphatic hydroxyl groups is 2. The van der Waals surface area contributed by atoms with Crippen molar-refractivity contribution in [2.75, 3.05) is 12.3 Å². The second-order valence-electron chi connectivity index (χ2n) is 8.00. The standard InChI is InChI=1S/C16H23N6O10P/c1-2-3-5-6(29-15-9(5)30-15)4-28-33(26,27)32-10-8(23)14(25)31-13(10)22-11-7(20-21-22)12(24)19-16(17)18-11/h5-6,8-10,13-15,23,25H,2-4H2,1H3,(H,26,27)(H3,17,18,19,24). The number of nitrogens with one attached hydrogen (secondary N) is 1. The Hall–Kier alpha value is -2.01. The third kappa shape index (κ3) is 4.18. The molecule has 6 N–H and O–H groups in total. The van der Waals surface area contributed by atoms with Gasteiger partial charge in [-0.15, -0.1) is 5.10 Å². The minimum atomic E-state index is -4.77. The number of aliphatic hydroxyl groups excluding tert-OH is 2. The molecule has 9 atom stereocenters. The molecule has 2 aromatic heterocycles. The van der Waals surface area contributed by atoms with Crippen LogP contribution in [0, 0.1) is 5.92 Å². The largest absolute Gasteiger partial charge is 0.472 e. The molecule has 0 spiro atoms. The fraction of sp³-hybridized carbons (Fsp3) is 0.750. The predicted octanol–water partition coefficient (Wildman–Crippen LogP) is -1.65. The molecule has 5 rings (SSSR count). The molecule has 9 unspecified atom stereocenters. The van der Waals surface area contributed by atoms with E-state index in [9.17, 15) is 24.5 Å². The van der Waals surface area contributed by atoms with Gasteiger partial charge in [-0.3, -0.25) is 18.8 Å². The number of aromatic amines is 1. The van der Waals surface area contributed by atoms with Gasteiger partial charge in [0, 0.05) is 5.92 Å². The van der Waals surface area contributed by atoms with Gasteiger partial charge in [-0.25, -0.2) is 4.57 Å². The van der Waals surface area contributed by atoms with Crippen LogP contribution in [0.15, 0.2) is 4.79 Å². The third-order valence-electron chi connectivity index (χ3n) is 5.75. The Bertz CT molecular complexity index is 1140. The molecule has 182 valence electrons. The highest BCUT2D eigenvalue weighted by atomic mass is 31.2. The average molecular weight is 490 g/mol. The fourth-order valence-electron chi connectivity index (χ4n) is 4.18. The number of nitrogens with zero attached hydrogens (tertiary/aromatic N) is 4. The summed E-state index contributed by atoms with van der Waals surface area (Å²) in [4.78, 5) is 28.4. The van der Waals surface area contributed by atoms with E-state index in [0.717, 1.165) is 17.5 Å². The van der Waals surface area contributed by atoms with Gasteiger partial charge in [-0.1, -0.05) is 18.6 Å². The Morgan fingerprint density at radius 3 is 2.85 bits per heavy atom. The fourth-order valence-corrected chi connectivity index (χ4v) is 5.11. The number of H-pyrrole nitrogens is 1. The highest BCUT2D eigenvalue weighted by molar-refractivity contribution is 7.47. The van der Waals surface area contributed by atoms with Crippen LogP contribution < -0.4 is 11.3 Å². The molecule has 0 aliphatic carbocycles. The van der Waals surface area contributed by atoms with E-state index < -0.39 is 44.2 Å². The maximum absolute atomic E-state index is 12.7. The van der Waals surface area contributed by atoms with E-state index in [1.807, 2.05) is 6.92 Å². The maximum Gasteiger partial charge on any atom is 0.472 e. The van der Waals surface area contributed by atoms with Gasteiger partial charge in [-0.05, 0) is 6.42 Å². The van der Waals surface area contributed by atoms with Gasteiger partial charge < -0.3 is 35.1 Å². The summed E-state index contributed by atoms with van der Waals surface area (Å²) < 4.78 is 40.1. The first-order valence-corrected chi connectivity index (χ1v) is 11.8. The van der Waals surface area contributed by atoms with Crippen LogP contribution in [-0.4, -0.2) is 83.7 Å². The number of phosphoric acid groups is 1. The van der Waals surface area contributed by atoms with Crippen molar-refractivity contribution in [3.05, 3.63) is 10.4 Å².